The predicted molar refractivity (Wildman–Crippen MR) is 69.9 cm³/mol. The number of aryl methyl sites for hydroxylation is 1. The van der Waals surface area contributed by atoms with Gasteiger partial charge in [0.1, 0.15) is 0 Å². The van der Waals surface area contributed by atoms with E-state index in [0.717, 1.165) is 5.69 Å². The molecule has 0 amide bonds. The molecule has 0 aliphatic rings. The Balaban J connectivity index is 2.59. The lowest BCUT2D eigenvalue weighted by Crippen LogP contribution is -2.12. The van der Waals surface area contributed by atoms with Gasteiger partial charge in [-0.2, -0.15) is 0 Å². The minimum Gasteiger partial charge on any atom is -0.384 e. The van der Waals surface area contributed by atoms with Crippen molar-refractivity contribution in [1.29, 1.82) is 0 Å². The molecule has 1 N–H and O–H groups in total. The first-order chi connectivity index (χ1) is 8.04. The number of rotatable bonds is 6. The minimum absolute atomic E-state index is 0.118. The van der Waals surface area contributed by atoms with Crippen molar-refractivity contribution < 1.29 is 9.13 Å². The summed E-state index contributed by atoms with van der Waals surface area (Å²) in [6.45, 7) is 4.19. The molecular formula is C11H16N2O3S. The predicted octanol–water partition coefficient (Wildman–Crippen LogP) is 2.08. The van der Waals surface area contributed by atoms with Crippen molar-refractivity contribution >= 4 is 22.2 Å². The standard InChI is InChI=1S/C11H16N2O3S/c1-3-17(16)7-6-12-10-4-5-11(13(14)15)9(2)8-10/h4-5,8,12H,3,6-7H2,1-2H3. The lowest BCUT2D eigenvalue weighted by atomic mass is 10.2. The summed E-state index contributed by atoms with van der Waals surface area (Å²) in [7, 11) is -0.788. The molecule has 0 heterocycles. The van der Waals surface area contributed by atoms with Crippen LogP contribution in [0.3, 0.4) is 0 Å². The molecule has 0 spiro atoms. The first kappa shape index (κ1) is 13.6. The van der Waals surface area contributed by atoms with Gasteiger partial charge >= 0.3 is 0 Å². The fraction of sp³-hybridized carbons (Fsp3) is 0.455. The van der Waals surface area contributed by atoms with Crippen molar-refractivity contribution in [1.82, 2.24) is 0 Å². The maximum atomic E-state index is 11.2. The van der Waals surface area contributed by atoms with Crippen LogP contribution in [0.1, 0.15) is 12.5 Å². The van der Waals surface area contributed by atoms with E-state index in [9.17, 15) is 14.3 Å². The average Bonchev–Trinajstić information content (AvgIpc) is 2.28. The molecule has 1 unspecified atom stereocenters. The van der Waals surface area contributed by atoms with Gasteiger partial charge in [-0.25, -0.2) is 0 Å². The summed E-state index contributed by atoms with van der Waals surface area (Å²) >= 11 is 0. The van der Waals surface area contributed by atoms with E-state index in [1.54, 1.807) is 19.1 Å². The Hall–Kier alpha value is -1.43. The maximum Gasteiger partial charge on any atom is 0.272 e. The van der Waals surface area contributed by atoms with Gasteiger partial charge in [-0.15, -0.1) is 0 Å². The third kappa shape index (κ3) is 4.14. The van der Waals surface area contributed by atoms with E-state index in [-0.39, 0.29) is 5.69 Å². The van der Waals surface area contributed by atoms with E-state index in [2.05, 4.69) is 5.32 Å². The van der Waals surface area contributed by atoms with Crippen molar-refractivity contribution in [3.8, 4) is 0 Å². The number of benzene rings is 1. The first-order valence-corrected chi connectivity index (χ1v) is 6.87. The highest BCUT2D eigenvalue weighted by atomic mass is 32.2. The first-order valence-electron chi connectivity index (χ1n) is 5.38. The van der Waals surface area contributed by atoms with Crippen molar-refractivity contribution in [2.45, 2.75) is 13.8 Å². The highest BCUT2D eigenvalue weighted by Crippen LogP contribution is 2.21. The Labute approximate surface area is 103 Å². The van der Waals surface area contributed by atoms with Crippen molar-refractivity contribution in [2.75, 3.05) is 23.4 Å². The molecule has 1 aromatic carbocycles. The summed E-state index contributed by atoms with van der Waals surface area (Å²) in [5.74, 6) is 1.24. The van der Waals surface area contributed by atoms with Crippen LogP contribution in [0.2, 0.25) is 0 Å². The molecule has 0 bridgehead atoms. The van der Waals surface area contributed by atoms with Crippen LogP contribution >= 0.6 is 0 Å². The SMILES string of the molecule is CCS(=O)CCNc1ccc([N+](=O)[O-])c(C)c1. The van der Waals surface area contributed by atoms with Gasteiger partial charge in [0.05, 0.1) is 4.92 Å². The zero-order valence-electron chi connectivity index (χ0n) is 9.93. The Kier molecular flexibility index (Phi) is 5.09. The van der Waals surface area contributed by atoms with E-state index >= 15 is 0 Å². The van der Waals surface area contributed by atoms with Crippen LogP contribution < -0.4 is 5.32 Å². The van der Waals surface area contributed by atoms with Crippen molar-refractivity contribution in [3.05, 3.63) is 33.9 Å². The molecule has 1 aromatic rings. The molecule has 0 radical (unpaired) electrons. The quantitative estimate of drug-likeness (QED) is 0.624. The van der Waals surface area contributed by atoms with E-state index in [1.165, 1.54) is 6.07 Å². The lowest BCUT2D eigenvalue weighted by Gasteiger charge is -2.06. The van der Waals surface area contributed by atoms with Crippen LogP contribution in [0.25, 0.3) is 0 Å². The van der Waals surface area contributed by atoms with Crippen LogP contribution in [0.5, 0.6) is 0 Å². The Morgan fingerprint density at radius 3 is 2.71 bits per heavy atom. The van der Waals surface area contributed by atoms with E-state index in [0.29, 0.717) is 23.6 Å². The number of anilines is 1. The number of nitrogens with one attached hydrogen (secondary N) is 1. The molecule has 17 heavy (non-hydrogen) atoms. The monoisotopic (exact) mass is 256 g/mol. The van der Waals surface area contributed by atoms with Crippen LogP contribution in [-0.4, -0.2) is 27.2 Å². The summed E-state index contributed by atoms with van der Waals surface area (Å²) in [5.41, 5.74) is 1.56. The van der Waals surface area contributed by atoms with Gasteiger partial charge in [-0.1, -0.05) is 6.92 Å². The van der Waals surface area contributed by atoms with Crippen LogP contribution in [0.4, 0.5) is 11.4 Å². The number of nitrogens with zero attached hydrogens (tertiary/aromatic N) is 1. The molecule has 0 saturated heterocycles. The molecule has 0 saturated carbocycles. The molecule has 5 nitrogen and oxygen atoms in total. The summed E-state index contributed by atoms with van der Waals surface area (Å²) in [5, 5.41) is 13.7. The molecule has 0 aromatic heterocycles. The molecule has 0 fully saturated rings. The van der Waals surface area contributed by atoms with Gasteiger partial charge in [0, 0.05) is 46.2 Å². The minimum atomic E-state index is -0.788. The number of hydrogen-bond acceptors (Lipinski definition) is 4. The summed E-state index contributed by atoms with van der Waals surface area (Å²) in [4.78, 5) is 10.2. The van der Waals surface area contributed by atoms with Gasteiger partial charge < -0.3 is 5.32 Å². The largest absolute Gasteiger partial charge is 0.384 e. The third-order valence-electron chi connectivity index (χ3n) is 2.37. The van der Waals surface area contributed by atoms with E-state index in [1.807, 2.05) is 6.92 Å². The second kappa shape index (κ2) is 6.34. The number of nitro benzene ring substituents is 1. The molecule has 1 atom stereocenters. The smallest absolute Gasteiger partial charge is 0.272 e. The van der Waals surface area contributed by atoms with Gasteiger partial charge in [0.25, 0.3) is 5.69 Å². The van der Waals surface area contributed by atoms with Gasteiger partial charge in [-0.3, -0.25) is 14.3 Å². The van der Waals surface area contributed by atoms with Crippen molar-refractivity contribution in [2.24, 2.45) is 0 Å². The fourth-order valence-electron chi connectivity index (χ4n) is 1.42. The second-order valence-corrected chi connectivity index (χ2v) is 5.48. The summed E-state index contributed by atoms with van der Waals surface area (Å²) in [6.07, 6.45) is 0. The van der Waals surface area contributed by atoms with Gasteiger partial charge in [-0.05, 0) is 19.1 Å². The van der Waals surface area contributed by atoms with Crippen LogP contribution in [0.15, 0.2) is 18.2 Å². The number of hydrogen-bond donors (Lipinski definition) is 1. The number of nitro groups is 1. The fourth-order valence-corrected chi connectivity index (χ4v) is 2.04. The van der Waals surface area contributed by atoms with E-state index < -0.39 is 15.7 Å². The zero-order valence-corrected chi connectivity index (χ0v) is 10.8. The molecule has 0 aliphatic heterocycles. The topological polar surface area (TPSA) is 72.2 Å². The lowest BCUT2D eigenvalue weighted by molar-refractivity contribution is -0.385. The molecule has 0 aliphatic carbocycles. The van der Waals surface area contributed by atoms with E-state index in [4.69, 9.17) is 0 Å². The van der Waals surface area contributed by atoms with Crippen molar-refractivity contribution in [3.63, 3.8) is 0 Å². The summed E-state index contributed by atoms with van der Waals surface area (Å²) < 4.78 is 11.2. The molecule has 94 valence electrons. The third-order valence-corrected chi connectivity index (χ3v) is 3.68. The summed E-state index contributed by atoms with van der Waals surface area (Å²) in [6, 6.07) is 4.88. The highest BCUT2D eigenvalue weighted by Gasteiger charge is 2.09. The van der Waals surface area contributed by atoms with Crippen LogP contribution in [-0.2, 0) is 10.8 Å². The maximum absolute atomic E-state index is 11.2. The Bertz CT molecular complexity index is 435. The van der Waals surface area contributed by atoms with Gasteiger partial charge in [0.2, 0.25) is 0 Å². The second-order valence-electron chi connectivity index (χ2n) is 3.62. The normalized spacial score (nSPS) is 12.1. The average molecular weight is 256 g/mol. The Morgan fingerprint density at radius 2 is 2.18 bits per heavy atom. The highest BCUT2D eigenvalue weighted by molar-refractivity contribution is 7.84. The molecular weight excluding hydrogens is 240 g/mol. The zero-order chi connectivity index (χ0) is 12.8. The molecule has 1 rings (SSSR count). The van der Waals surface area contributed by atoms with Gasteiger partial charge in [0.15, 0.2) is 0 Å². The Morgan fingerprint density at radius 1 is 1.47 bits per heavy atom. The van der Waals surface area contributed by atoms with Crippen LogP contribution in [0, 0.1) is 17.0 Å². The molecule has 6 heteroatoms.